The highest BCUT2D eigenvalue weighted by molar-refractivity contribution is 6.08. The minimum atomic E-state index is -2.91. The number of nitrogens with one attached hydrogen (secondary N) is 1. The van der Waals surface area contributed by atoms with E-state index < -0.39 is 5.92 Å². The van der Waals surface area contributed by atoms with E-state index in [9.17, 15) is 18.4 Å². The van der Waals surface area contributed by atoms with Crippen LogP contribution in [0.25, 0.3) is 0 Å². The van der Waals surface area contributed by atoms with Crippen molar-refractivity contribution in [1.29, 1.82) is 0 Å². The van der Waals surface area contributed by atoms with Crippen molar-refractivity contribution in [1.82, 2.24) is 0 Å². The molecule has 1 N–H and O–H groups in total. The third kappa shape index (κ3) is 3.89. The zero-order valence-electron chi connectivity index (χ0n) is 14.5. The normalized spacial score (nSPS) is 19.5. The lowest BCUT2D eigenvalue weighted by Crippen LogP contribution is -2.23. The van der Waals surface area contributed by atoms with Crippen LogP contribution < -0.4 is 5.32 Å². The molecule has 2 rings (SSSR count). The van der Waals surface area contributed by atoms with Gasteiger partial charge in [0.15, 0.2) is 11.6 Å². The highest BCUT2D eigenvalue weighted by Crippen LogP contribution is 2.32. The maximum absolute atomic E-state index is 13.6. The molecular weight excluding hydrogens is 312 g/mol. The van der Waals surface area contributed by atoms with Crippen molar-refractivity contribution in [2.45, 2.75) is 46.5 Å². The van der Waals surface area contributed by atoms with E-state index in [1.807, 2.05) is 0 Å². The second-order valence-corrected chi connectivity index (χ2v) is 6.57. The van der Waals surface area contributed by atoms with Crippen LogP contribution in [0.2, 0.25) is 0 Å². The number of allylic oxidation sites excluding steroid dienone is 2. The number of ketones is 2. The molecule has 1 aliphatic rings. The molecule has 24 heavy (non-hydrogen) atoms. The molecule has 1 aliphatic carbocycles. The van der Waals surface area contributed by atoms with E-state index in [4.69, 9.17) is 0 Å². The van der Waals surface area contributed by atoms with Crippen LogP contribution in [0.1, 0.15) is 44.7 Å². The Morgan fingerprint density at radius 2 is 1.83 bits per heavy atom. The van der Waals surface area contributed by atoms with E-state index in [0.29, 0.717) is 41.8 Å². The van der Waals surface area contributed by atoms with E-state index in [1.165, 1.54) is 6.07 Å². The van der Waals surface area contributed by atoms with E-state index in [0.717, 1.165) is 6.92 Å². The number of halogens is 2. The summed E-state index contributed by atoms with van der Waals surface area (Å²) in [6.07, 6.45) is 0.815. The molecule has 0 radical (unpaired) electrons. The Morgan fingerprint density at radius 1 is 1.17 bits per heavy atom. The SMILES string of the molecule is CC1=C(C)C(=O)C(CNc2ccc(C)c(C(C)(F)F)c2)CCC1=O. The first-order valence-electron chi connectivity index (χ1n) is 8.09. The van der Waals surface area contributed by atoms with Crippen LogP contribution in [0.5, 0.6) is 0 Å². The summed E-state index contributed by atoms with van der Waals surface area (Å²) in [6, 6.07) is 4.79. The molecule has 1 unspecified atom stereocenters. The van der Waals surface area contributed by atoms with Gasteiger partial charge < -0.3 is 5.32 Å². The molecule has 0 spiro atoms. The van der Waals surface area contributed by atoms with Crippen molar-refractivity contribution >= 4 is 17.3 Å². The van der Waals surface area contributed by atoms with Gasteiger partial charge in [-0.25, -0.2) is 8.78 Å². The summed E-state index contributed by atoms with van der Waals surface area (Å²) in [5, 5.41) is 3.07. The van der Waals surface area contributed by atoms with E-state index >= 15 is 0 Å². The maximum Gasteiger partial charge on any atom is 0.270 e. The number of aryl methyl sites for hydroxylation is 1. The number of carbonyl (C=O) groups is 2. The standard InChI is InChI=1S/C19H23F2NO2/c1-11-5-7-15(9-16(11)19(4,20)21)22-10-14-6-8-17(23)12(2)13(3)18(14)24/h5,7,9,14,22H,6,8,10H2,1-4H3. The molecule has 0 aliphatic heterocycles. The van der Waals surface area contributed by atoms with E-state index in [2.05, 4.69) is 5.32 Å². The molecule has 0 bridgehead atoms. The smallest absolute Gasteiger partial charge is 0.270 e. The minimum Gasteiger partial charge on any atom is -0.384 e. The quantitative estimate of drug-likeness (QED) is 0.887. The Hall–Kier alpha value is -2.04. The number of Topliss-reactive ketones (excluding diaryl/α,β-unsaturated/α-hetero) is 2. The molecule has 0 fully saturated rings. The number of anilines is 1. The molecule has 130 valence electrons. The van der Waals surface area contributed by atoms with Crippen molar-refractivity contribution in [3.8, 4) is 0 Å². The molecule has 0 saturated heterocycles. The Morgan fingerprint density at radius 3 is 2.46 bits per heavy atom. The number of alkyl halides is 2. The first kappa shape index (κ1) is 18.3. The maximum atomic E-state index is 13.6. The van der Waals surface area contributed by atoms with Gasteiger partial charge >= 0.3 is 0 Å². The number of benzene rings is 1. The Labute approximate surface area is 141 Å². The fraction of sp³-hybridized carbons (Fsp3) is 0.474. The summed E-state index contributed by atoms with van der Waals surface area (Å²) in [5.74, 6) is -3.27. The monoisotopic (exact) mass is 335 g/mol. The molecule has 5 heteroatoms. The Balaban J connectivity index is 2.14. The zero-order valence-corrected chi connectivity index (χ0v) is 14.5. The first-order chi connectivity index (χ1) is 11.1. The van der Waals surface area contributed by atoms with Gasteiger partial charge in [-0.2, -0.15) is 0 Å². The summed E-state index contributed by atoms with van der Waals surface area (Å²) in [4.78, 5) is 24.3. The molecule has 0 amide bonds. The topological polar surface area (TPSA) is 46.2 Å². The second kappa shape index (κ2) is 6.83. The van der Waals surface area contributed by atoms with Crippen molar-refractivity contribution in [3.63, 3.8) is 0 Å². The molecule has 0 heterocycles. The lowest BCUT2D eigenvalue weighted by atomic mass is 9.95. The van der Waals surface area contributed by atoms with Gasteiger partial charge in [0.25, 0.3) is 5.92 Å². The van der Waals surface area contributed by atoms with Gasteiger partial charge in [0.2, 0.25) is 0 Å². The first-order valence-corrected chi connectivity index (χ1v) is 8.09. The molecule has 1 aromatic carbocycles. The van der Waals surface area contributed by atoms with Crippen LogP contribution in [0, 0.1) is 12.8 Å². The number of hydrogen-bond acceptors (Lipinski definition) is 3. The number of carbonyl (C=O) groups excluding carboxylic acids is 2. The number of rotatable bonds is 4. The highest BCUT2D eigenvalue weighted by Gasteiger charge is 2.28. The lowest BCUT2D eigenvalue weighted by Gasteiger charge is -2.18. The fourth-order valence-corrected chi connectivity index (χ4v) is 2.96. The van der Waals surface area contributed by atoms with Gasteiger partial charge in [0.1, 0.15) is 0 Å². The van der Waals surface area contributed by atoms with Gasteiger partial charge in [-0.15, -0.1) is 0 Å². The Bertz CT molecular complexity index is 702. The van der Waals surface area contributed by atoms with Gasteiger partial charge in [-0.05, 0) is 56.0 Å². The predicted octanol–water partition coefficient (Wildman–Crippen LogP) is 4.40. The average Bonchev–Trinajstić information content (AvgIpc) is 2.60. The molecule has 3 nitrogen and oxygen atoms in total. The fourth-order valence-electron chi connectivity index (χ4n) is 2.96. The van der Waals surface area contributed by atoms with Crippen LogP contribution in [-0.2, 0) is 15.5 Å². The Kier molecular flexibility index (Phi) is 5.21. The van der Waals surface area contributed by atoms with Gasteiger partial charge in [-0.3, -0.25) is 9.59 Å². The van der Waals surface area contributed by atoms with Crippen molar-refractivity contribution in [3.05, 3.63) is 40.5 Å². The van der Waals surface area contributed by atoms with Gasteiger partial charge in [0.05, 0.1) is 0 Å². The minimum absolute atomic E-state index is 0.00611. The second-order valence-electron chi connectivity index (χ2n) is 6.57. The van der Waals surface area contributed by atoms with E-state index in [-0.39, 0.29) is 23.0 Å². The van der Waals surface area contributed by atoms with Crippen LogP contribution in [-0.4, -0.2) is 18.1 Å². The lowest BCUT2D eigenvalue weighted by molar-refractivity contribution is -0.118. The van der Waals surface area contributed by atoms with Crippen LogP contribution in [0.4, 0.5) is 14.5 Å². The van der Waals surface area contributed by atoms with Crippen molar-refractivity contribution in [2.24, 2.45) is 5.92 Å². The predicted molar refractivity (Wildman–Crippen MR) is 90.3 cm³/mol. The average molecular weight is 335 g/mol. The summed E-state index contributed by atoms with van der Waals surface area (Å²) in [6.45, 7) is 6.20. The molecule has 1 aromatic rings. The number of hydrogen-bond donors (Lipinski definition) is 1. The van der Waals surface area contributed by atoms with Gasteiger partial charge in [-0.1, -0.05) is 6.07 Å². The van der Waals surface area contributed by atoms with Crippen molar-refractivity contribution in [2.75, 3.05) is 11.9 Å². The van der Waals surface area contributed by atoms with E-state index in [1.54, 1.807) is 32.9 Å². The molecule has 0 saturated carbocycles. The summed E-state index contributed by atoms with van der Waals surface area (Å²) in [5.41, 5.74) is 2.10. The largest absolute Gasteiger partial charge is 0.384 e. The van der Waals surface area contributed by atoms with Crippen LogP contribution in [0.15, 0.2) is 29.3 Å². The van der Waals surface area contributed by atoms with Crippen LogP contribution in [0.3, 0.4) is 0 Å². The van der Waals surface area contributed by atoms with Crippen LogP contribution >= 0.6 is 0 Å². The summed E-state index contributed by atoms with van der Waals surface area (Å²) >= 11 is 0. The highest BCUT2D eigenvalue weighted by atomic mass is 19.3. The third-order valence-corrected chi connectivity index (χ3v) is 4.70. The van der Waals surface area contributed by atoms with Crippen molar-refractivity contribution < 1.29 is 18.4 Å². The molecule has 0 aromatic heterocycles. The van der Waals surface area contributed by atoms with Gasteiger partial charge in [0, 0.05) is 37.1 Å². The molecular formula is C19H23F2NO2. The molecule has 1 atom stereocenters. The summed E-state index contributed by atoms with van der Waals surface area (Å²) in [7, 11) is 0. The third-order valence-electron chi connectivity index (χ3n) is 4.70. The zero-order chi connectivity index (χ0) is 18.1. The summed E-state index contributed by atoms with van der Waals surface area (Å²) < 4.78 is 27.2.